The predicted molar refractivity (Wildman–Crippen MR) is 98.2 cm³/mol. The molecule has 0 aromatic heterocycles. The lowest BCUT2D eigenvalue weighted by molar-refractivity contribution is -0.141. The molecule has 26 heavy (non-hydrogen) atoms. The molecule has 1 rings (SSSR count). The number of carbonyl (C=O) groups excluding carboxylic acids is 2. The largest absolute Gasteiger partial charge is 0.466 e. The normalized spacial score (nSPS) is 21.2. The van der Waals surface area contributed by atoms with Crippen LogP contribution in [0.5, 0.6) is 0 Å². The Labute approximate surface area is 155 Å². The van der Waals surface area contributed by atoms with Gasteiger partial charge in [0.25, 0.3) is 0 Å². The van der Waals surface area contributed by atoms with Gasteiger partial charge in [-0.2, -0.15) is 0 Å². The molecule has 148 valence electrons. The first-order chi connectivity index (χ1) is 12.2. The summed E-state index contributed by atoms with van der Waals surface area (Å²) in [5.41, 5.74) is 8.12. The van der Waals surface area contributed by atoms with E-state index in [1.54, 1.807) is 20.8 Å². The van der Waals surface area contributed by atoms with Crippen LogP contribution in [0.15, 0.2) is 5.11 Å². The van der Waals surface area contributed by atoms with E-state index in [2.05, 4.69) is 15.3 Å². The van der Waals surface area contributed by atoms with Gasteiger partial charge < -0.3 is 14.8 Å². The number of nitrogens with zero attached hydrogens (tertiary/aromatic N) is 3. The van der Waals surface area contributed by atoms with E-state index in [-0.39, 0.29) is 5.97 Å². The summed E-state index contributed by atoms with van der Waals surface area (Å²) in [5, 5.41) is 6.30. The second kappa shape index (κ2) is 10.9. The second-order valence-electron chi connectivity index (χ2n) is 7.96. The molecule has 0 radical (unpaired) electrons. The Morgan fingerprint density at radius 2 is 1.77 bits per heavy atom. The number of amides is 1. The zero-order chi connectivity index (χ0) is 19.6. The smallest absolute Gasteiger partial charge is 0.408 e. The Bertz CT molecular complexity index is 504. The highest BCUT2D eigenvalue weighted by atomic mass is 16.6. The van der Waals surface area contributed by atoms with Gasteiger partial charge in [-0.1, -0.05) is 30.8 Å². The third-order valence-corrected chi connectivity index (χ3v) is 4.52. The van der Waals surface area contributed by atoms with Crippen LogP contribution >= 0.6 is 0 Å². The van der Waals surface area contributed by atoms with Crippen LogP contribution in [-0.2, 0) is 14.3 Å². The number of carbonyl (C=O) groups is 2. The van der Waals surface area contributed by atoms with Crippen molar-refractivity contribution >= 4 is 12.1 Å². The molecule has 0 bridgehead atoms. The van der Waals surface area contributed by atoms with Gasteiger partial charge in [0.05, 0.1) is 6.61 Å². The summed E-state index contributed by atoms with van der Waals surface area (Å²) >= 11 is 0. The third kappa shape index (κ3) is 10.1. The Kier molecular flexibility index (Phi) is 9.27. The van der Waals surface area contributed by atoms with Gasteiger partial charge in [0, 0.05) is 11.8 Å². The standard InChI is InChI=1S/C18H32N4O4/c1-13(23)25-12-11-15-7-5-14(6-8-15)9-10-16(21-22-19)20-17(24)26-18(2,3)4/h14-16H,5-12H2,1-4H3,(H,20,24). The van der Waals surface area contributed by atoms with Crippen LogP contribution < -0.4 is 5.32 Å². The maximum atomic E-state index is 11.8. The lowest BCUT2D eigenvalue weighted by Crippen LogP contribution is -2.38. The van der Waals surface area contributed by atoms with Gasteiger partial charge in [-0.25, -0.2) is 4.79 Å². The first-order valence-corrected chi connectivity index (χ1v) is 9.36. The highest BCUT2D eigenvalue weighted by Gasteiger charge is 2.23. The second-order valence-corrected chi connectivity index (χ2v) is 7.96. The van der Waals surface area contributed by atoms with Gasteiger partial charge in [0.2, 0.25) is 0 Å². The topological polar surface area (TPSA) is 113 Å². The highest BCUT2D eigenvalue weighted by molar-refractivity contribution is 5.68. The van der Waals surface area contributed by atoms with Gasteiger partial charge in [-0.3, -0.25) is 4.79 Å². The lowest BCUT2D eigenvalue weighted by Gasteiger charge is -2.29. The van der Waals surface area contributed by atoms with E-state index in [4.69, 9.17) is 15.0 Å². The first-order valence-electron chi connectivity index (χ1n) is 9.36. The molecule has 1 unspecified atom stereocenters. The maximum absolute atomic E-state index is 11.8. The third-order valence-electron chi connectivity index (χ3n) is 4.52. The van der Waals surface area contributed by atoms with Gasteiger partial charge >= 0.3 is 12.1 Å². The zero-order valence-electron chi connectivity index (χ0n) is 16.4. The SMILES string of the molecule is CC(=O)OCCC1CCC(CCC(N=[N+]=[N-])NC(=O)OC(C)(C)C)CC1. The summed E-state index contributed by atoms with van der Waals surface area (Å²) in [6.07, 6.45) is 5.74. The van der Waals surface area contributed by atoms with Crippen LogP contribution in [0.2, 0.25) is 0 Å². The zero-order valence-corrected chi connectivity index (χ0v) is 16.4. The molecule has 0 aromatic rings. The average Bonchev–Trinajstić information content (AvgIpc) is 2.52. The highest BCUT2D eigenvalue weighted by Crippen LogP contribution is 2.33. The summed E-state index contributed by atoms with van der Waals surface area (Å²) in [6.45, 7) is 7.30. The minimum atomic E-state index is -0.588. The van der Waals surface area contributed by atoms with Crippen molar-refractivity contribution in [1.82, 2.24) is 5.32 Å². The number of alkyl carbamates (subject to hydrolysis) is 1. The summed E-state index contributed by atoms with van der Waals surface area (Å²) in [4.78, 5) is 25.5. The molecule has 1 N–H and O–H groups in total. The molecule has 1 aliphatic rings. The van der Waals surface area contributed by atoms with Gasteiger partial charge in [-0.05, 0) is 57.4 Å². The molecule has 0 aromatic carbocycles. The van der Waals surface area contributed by atoms with Crippen molar-refractivity contribution in [3.8, 4) is 0 Å². The van der Waals surface area contributed by atoms with Crippen molar-refractivity contribution in [2.24, 2.45) is 17.0 Å². The molecule has 1 fully saturated rings. The van der Waals surface area contributed by atoms with Gasteiger partial charge in [0.1, 0.15) is 11.8 Å². The fraction of sp³-hybridized carbons (Fsp3) is 0.889. The van der Waals surface area contributed by atoms with E-state index < -0.39 is 17.9 Å². The summed E-state index contributed by atoms with van der Waals surface area (Å²) < 4.78 is 10.2. The molecule has 1 aliphatic carbocycles. The summed E-state index contributed by atoms with van der Waals surface area (Å²) in [5.74, 6) is 0.954. The molecular formula is C18H32N4O4. The molecule has 1 amide bonds. The molecule has 0 spiro atoms. The van der Waals surface area contributed by atoms with Crippen molar-refractivity contribution < 1.29 is 19.1 Å². The predicted octanol–water partition coefficient (Wildman–Crippen LogP) is 4.69. The van der Waals surface area contributed by atoms with Crippen LogP contribution in [0.1, 0.15) is 72.6 Å². The Morgan fingerprint density at radius 1 is 1.19 bits per heavy atom. The van der Waals surface area contributed by atoms with E-state index in [1.807, 2.05) is 0 Å². The average molecular weight is 368 g/mol. The van der Waals surface area contributed by atoms with E-state index >= 15 is 0 Å². The van der Waals surface area contributed by atoms with Crippen molar-refractivity contribution in [2.75, 3.05) is 6.61 Å². The summed E-state index contributed by atoms with van der Waals surface area (Å²) in [7, 11) is 0. The number of rotatable bonds is 8. The first kappa shape index (κ1) is 22.1. The van der Waals surface area contributed by atoms with E-state index in [1.165, 1.54) is 6.92 Å². The molecule has 1 atom stereocenters. The van der Waals surface area contributed by atoms with E-state index in [0.29, 0.717) is 24.9 Å². The molecule has 0 heterocycles. The number of nitrogens with one attached hydrogen (secondary N) is 1. The van der Waals surface area contributed by atoms with Crippen molar-refractivity contribution in [2.45, 2.75) is 84.4 Å². The summed E-state index contributed by atoms with van der Waals surface area (Å²) in [6, 6.07) is 0. The quantitative estimate of drug-likeness (QED) is 0.290. The molecule has 1 saturated carbocycles. The van der Waals surface area contributed by atoms with Crippen molar-refractivity contribution in [3.05, 3.63) is 10.4 Å². The maximum Gasteiger partial charge on any atom is 0.408 e. The van der Waals surface area contributed by atoms with E-state index in [0.717, 1.165) is 38.5 Å². The molecule has 8 nitrogen and oxygen atoms in total. The van der Waals surface area contributed by atoms with Gasteiger partial charge in [0.15, 0.2) is 0 Å². The number of hydrogen-bond donors (Lipinski definition) is 1. The minimum Gasteiger partial charge on any atom is -0.466 e. The van der Waals surface area contributed by atoms with Crippen LogP contribution in [0.3, 0.4) is 0 Å². The van der Waals surface area contributed by atoms with Crippen LogP contribution in [0.25, 0.3) is 10.4 Å². The Morgan fingerprint density at radius 3 is 2.27 bits per heavy atom. The number of azide groups is 1. The van der Waals surface area contributed by atoms with E-state index in [9.17, 15) is 9.59 Å². The number of hydrogen-bond acceptors (Lipinski definition) is 5. The van der Waals surface area contributed by atoms with Crippen molar-refractivity contribution in [3.63, 3.8) is 0 Å². The Balaban J connectivity index is 2.31. The number of esters is 1. The fourth-order valence-electron chi connectivity index (χ4n) is 3.24. The van der Waals surface area contributed by atoms with Crippen LogP contribution in [0.4, 0.5) is 4.79 Å². The number of ether oxygens (including phenoxy) is 2. The van der Waals surface area contributed by atoms with Crippen LogP contribution in [-0.4, -0.2) is 30.4 Å². The van der Waals surface area contributed by atoms with Crippen molar-refractivity contribution in [1.29, 1.82) is 0 Å². The monoisotopic (exact) mass is 368 g/mol. The molecule has 0 aliphatic heterocycles. The van der Waals surface area contributed by atoms with Gasteiger partial charge in [-0.15, -0.1) is 0 Å². The minimum absolute atomic E-state index is 0.222. The fourth-order valence-corrected chi connectivity index (χ4v) is 3.24. The lowest BCUT2D eigenvalue weighted by atomic mass is 9.79. The molecule has 0 saturated heterocycles. The molecular weight excluding hydrogens is 336 g/mol. The molecule has 8 heteroatoms. The Hall–Kier alpha value is -1.95. The van der Waals surface area contributed by atoms with Crippen LogP contribution in [0, 0.1) is 11.8 Å².